The smallest absolute Gasteiger partial charge is 0.336 e. The second-order valence-electron chi connectivity index (χ2n) is 9.34. The Morgan fingerprint density at radius 1 is 1.00 bits per heavy atom. The lowest BCUT2D eigenvalue weighted by atomic mass is 9.96. The molecule has 0 radical (unpaired) electrons. The molecule has 1 aliphatic rings. The Balaban J connectivity index is 1.58. The van der Waals surface area contributed by atoms with Crippen LogP contribution in [0.2, 0.25) is 0 Å². The monoisotopic (exact) mass is 528 g/mol. The Hall–Kier alpha value is -4.47. The van der Waals surface area contributed by atoms with Crippen molar-refractivity contribution in [3.05, 3.63) is 94.5 Å². The van der Waals surface area contributed by atoms with Crippen LogP contribution in [0.5, 0.6) is 0 Å². The van der Waals surface area contributed by atoms with Crippen molar-refractivity contribution >= 4 is 40.4 Å². The number of amides is 2. The maximum Gasteiger partial charge on any atom is 0.336 e. The number of methoxy groups -OCH3 is 1. The normalized spacial score (nSPS) is 13.6. The molecule has 3 aromatic rings. The molecule has 1 heterocycles. The molecule has 0 bridgehead atoms. The predicted octanol–water partition coefficient (Wildman–Crippen LogP) is 3.93. The molecule has 0 aromatic heterocycles. The van der Waals surface area contributed by atoms with Gasteiger partial charge >= 0.3 is 5.97 Å². The molecule has 0 unspecified atom stereocenters. The Bertz CT molecular complexity index is 1400. The van der Waals surface area contributed by atoms with E-state index in [9.17, 15) is 19.5 Å². The van der Waals surface area contributed by atoms with E-state index in [1.807, 2.05) is 37.4 Å². The highest BCUT2D eigenvalue weighted by Crippen LogP contribution is 2.39. The van der Waals surface area contributed by atoms with Gasteiger partial charge in [-0.15, -0.1) is 0 Å². The summed E-state index contributed by atoms with van der Waals surface area (Å²) < 4.78 is 5.07. The number of aromatic carboxylic acids is 1. The summed E-state index contributed by atoms with van der Waals surface area (Å²) in [5.41, 5.74) is 4.76. The zero-order chi connectivity index (χ0) is 27.9. The number of carboxylic acids is 1. The van der Waals surface area contributed by atoms with E-state index in [0.717, 1.165) is 12.1 Å². The molecule has 9 heteroatoms. The summed E-state index contributed by atoms with van der Waals surface area (Å²) in [4.78, 5) is 39.5. The van der Waals surface area contributed by atoms with Crippen LogP contribution in [0, 0.1) is 6.92 Å². The molecular formula is C30H32N4O5. The van der Waals surface area contributed by atoms with Gasteiger partial charge in [-0.2, -0.15) is 0 Å². The van der Waals surface area contributed by atoms with Gasteiger partial charge in [-0.3, -0.25) is 9.59 Å². The van der Waals surface area contributed by atoms with Crippen LogP contribution in [-0.2, 0) is 9.53 Å². The highest BCUT2D eigenvalue weighted by atomic mass is 16.5. The summed E-state index contributed by atoms with van der Waals surface area (Å²) in [6, 6.07) is 19.7. The van der Waals surface area contributed by atoms with Crippen molar-refractivity contribution < 1.29 is 24.2 Å². The number of nitrogens with zero attached hydrogens (tertiary/aromatic N) is 1. The van der Waals surface area contributed by atoms with Crippen molar-refractivity contribution in [2.45, 2.75) is 6.92 Å². The molecule has 9 nitrogen and oxygen atoms in total. The molecule has 4 rings (SSSR count). The third kappa shape index (κ3) is 6.51. The quantitative estimate of drug-likeness (QED) is 0.278. The molecule has 0 fully saturated rings. The van der Waals surface area contributed by atoms with Crippen molar-refractivity contribution in [2.75, 3.05) is 51.0 Å². The Morgan fingerprint density at radius 3 is 2.38 bits per heavy atom. The van der Waals surface area contributed by atoms with Crippen LogP contribution in [0.25, 0.3) is 11.3 Å². The number of ether oxygens (including phenoxy) is 1. The molecule has 3 aromatic carbocycles. The topological polar surface area (TPSA) is 120 Å². The largest absolute Gasteiger partial charge is 0.478 e. The minimum Gasteiger partial charge on any atom is -0.478 e. The molecule has 0 atom stereocenters. The molecule has 4 N–H and O–H groups in total. The van der Waals surface area contributed by atoms with E-state index in [4.69, 9.17) is 4.74 Å². The molecule has 0 aliphatic carbocycles. The third-order valence-corrected chi connectivity index (χ3v) is 6.52. The van der Waals surface area contributed by atoms with E-state index in [1.54, 1.807) is 44.4 Å². The van der Waals surface area contributed by atoms with Gasteiger partial charge in [-0.25, -0.2) is 4.79 Å². The van der Waals surface area contributed by atoms with Crippen LogP contribution in [-0.4, -0.2) is 68.2 Å². The highest BCUT2D eigenvalue weighted by molar-refractivity contribution is 6.37. The molecule has 0 saturated heterocycles. The highest BCUT2D eigenvalue weighted by Gasteiger charge is 2.30. The van der Waals surface area contributed by atoms with Gasteiger partial charge in [0.15, 0.2) is 0 Å². The van der Waals surface area contributed by atoms with Crippen LogP contribution >= 0.6 is 0 Å². The fourth-order valence-electron chi connectivity index (χ4n) is 4.36. The van der Waals surface area contributed by atoms with E-state index >= 15 is 0 Å². The number of carbonyl (C=O) groups is 3. The van der Waals surface area contributed by atoms with Crippen molar-refractivity contribution in [3.63, 3.8) is 0 Å². The number of benzene rings is 3. The molecule has 1 aliphatic heterocycles. The Labute approximate surface area is 227 Å². The zero-order valence-corrected chi connectivity index (χ0v) is 22.2. The van der Waals surface area contributed by atoms with E-state index < -0.39 is 5.97 Å². The first-order valence-electron chi connectivity index (χ1n) is 12.6. The fraction of sp³-hybridized carbons (Fsp3) is 0.233. The predicted molar refractivity (Wildman–Crippen MR) is 152 cm³/mol. The molecule has 202 valence electrons. The number of carbonyl (C=O) groups excluding carboxylic acids is 2. The van der Waals surface area contributed by atoms with E-state index in [2.05, 4.69) is 20.9 Å². The summed E-state index contributed by atoms with van der Waals surface area (Å²) in [7, 11) is 3.63. The second kappa shape index (κ2) is 12.4. The fourth-order valence-corrected chi connectivity index (χ4v) is 4.36. The first-order chi connectivity index (χ1) is 18.8. The lowest BCUT2D eigenvalue weighted by molar-refractivity contribution is -0.110. The first kappa shape index (κ1) is 27.6. The van der Waals surface area contributed by atoms with Gasteiger partial charge in [0.25, 0.3) is 11.8 Å². The van der Waals surface area contributed by atoms with Gasteiger partial charge in [0.2, 0.25) is 0 Å². The minimum atomic E-state index is -1.05. The summed E-state index contributed by atoms with van der Waals surface area (Å²) in [5.74, 6) is -1.55. The number of fused-ring (bicyclic) bond motifs is 1. The van der Waals surface area contributed by atoms with Gasteiger partial charge < -0.3 is 30.7 Å². The average molecular weight is 529 g/mol. The number of likely N-dealkylation sites (N-methyl/N-ethyl adjacent to an activating group) is 1. The van der Waals surface area contributed by atoms with Crippen molar-refractivity contribution in [2.24, 2.45) is 0 Å². The van der Waals surface area contributed by atoms with Gasteiger partial charge in [-0.05, 0) is 61.5 Å². The average Bonchev–Trinajstić information content (AvgIpc) is 3.24. The van der Waals surface area contributed by atoms with Crippen molar-refractivity contribution in [3.8, 4) is 0 Å². The number of hydrogen-bond donors (Lipinski definition) is 4. The molecule has 39 heavy (non-hydrogen) atoms. The Morgan fingerprint density at radius 2 is 1.72 bits per heavy atom. The summed E-state index contributed by atoms with van der Waals surface area (Å²) in [5, 5.41) is 18.6. The first-order valence-corrected chi connectivity index (χ1v) is 12.6. The van der Waals surface area contributed by atoms with Gasteiger partial charge in [0.1, 0.15) is 0 Å². The van der Waals surface area contributed by atoms with E-state index in [0.29, 0.717) is 59.0 Å². The SMILES string of the molecule is COCCN(C)CCNC(=O)c1ccc(NC(=C2C(=O)Nc3cc(C(=O)O)c(C)cc32)c2ccccc2)cc1. The number of hydrogen-bond acceptors (Lipinski definition) is 6. The zero-order valence-electron chi connectivity index (χ0n) is 22.2. The lowest BCUT2D eigenvalue weighted by Crippen LogP contribution is -2.34. The minimum absolute atomic E-state index is 0.139. The van der Waals surface area contributed by atoms with E-state index in [-0.39, 0.29) is 17.4 Å². The van der Waals surface area contributed by atoms with Crippen LogP contribution < -0.4 is 16.0 Å². The third-order valence-electron chi connectivity index (χ3n) is 6.52. The van der Waals surface area contributed by atoms with Gasteiger partial charge in [0.05, 0.1) is 29.1 Å². The molecule has 2 amide bonds. The van der Waals surface area contributed by atoms with Crippen LogP contribution in [0.4, 0.5) is 11.4 Å². The molecule has 0 spiro atoms. The number of nitrogens with one attached hydrogen (secondary N) is 3. The van der Waals surface area contributed by atoms with Crippen molar-refractivity contribution in [1.29, 1.82) is 0 Å². The van der Waals surface area contributed by atoms with Crippen molar-refractivity contribution in [1.82, 2.24) is 10.2 Å². The maximum absolute atomic E-state index is 13.2. The van der Waals surface area contributed by atoms with Gasteiger partial charge in [-0.1, -0.05) is 30.3 Å². The van der Waals surface area contributed by atoms with Crippen LogP contribution in [0.15, 0.2) is 66.7 Å². The summed E-state index contributed by atoms with van der Waals surface area (Å²) in [6.45, 7) is 4.35. The van der Waals surface area contributed by atoms with Crippen LogP contribution in [0.3, 0.4) is 0 Å². The lowest BCUT2D eigenvalue weighted by Gasteiger charge is -2.16. The van der Waals surface area contributed by atoms with Crippen LogP contribution in [0.1, 0.15) is 37.4 Å². The van der Waals surface area contributed by atoms with Gasteiger partial charge in [0, 0.05) is 43.6 Å². The Kier molecular flexibility index (Phi) is 8.75. The standard InChI is InChI=1S/C30H32N4O5/c1-19-17-24-25(18-23(19)30(37)38)33-29(36)26(24)27(20-7-5-4-6-8-20)32-22-11-9-21(10-12-22)28(35)31-13-14-34(2)15-16-39-3/h4-12,17-18,32H,13-16H2,1-3H3,(H,31,35)(H,33,36)(H,37,38). The number of aryl methyl sites for hydroxylation is 1. The molecular weight excluding hydrogens is 496 g/mol. The second-order valence-corrected chi connectivity index (χ2v) is 9.34. The number of carboxylic acid groups (broad SMARTS) is 1. The summed E-state index contributed by atoms with van der Waals surface area (Å²) in [6.07, 6.45) is 0. The number of anilines is 2. The maximum atomic E-state index is 13.2. The number of rotatable bonds is 11. The summed E-state index contributed by atoms with van der Waals surface area (Å²) >= 11 is 0. The molecule has 0 saturated carbocycles. The van der Waals surface area contributed by atoms with E-state index in [1.165, 1.54) is 6.07 Å².